The highest BCUT2D eigenvalue weighted by Gasteiger charge is 2.28. The topological polar surface area (TPSA) is 0 Å². The maximum atomic E-state index is 5.71. The summed E-state index contributed by atoms with van der Waals surface area (Å²) in [5.74, 6) is 1.43. The average Bonchev–Trinajstić information content (AvgIpc) is 1.86. The molecule has 0 amide bonds. The number of alkyl halides is 2. The van der Waals surface area contributed by atoms with Crippen LogP contribution in [-0.4, -0.2) is 10.7 Å². The van der Waals surface area contributed by atoms with Crippen LogP contribution in [0.25, 0.3) is 0 Å². The molecule has 1 atom stereocenters. The highest BCUT2D eigenvalue weighted by atomic mass is 79.9. The predicted molar refractivity (Wildman–Crippen MR) is 56.7 cm³/mol. The lowest BCUT2D eigenvalue weighted by Crippen LogP contribution is -2.29. The van der Waals surface area contributed by atoms with Crippen LogP contribution < -0.4 is 0 Å². The molecule has 0 N–H and O–H groups in total. The number of halogens is 2. The van der Waals surface area contributed by atoms with Crippen LogP contribution in [0.15, 0.2) is 0 Å². The van der Waals surface area contributed by atoms with Gasteiger partial charge in [-0.2, -0.15) is 0 Å². The van der Waals surface area contributed by atoms with E-state index in [0.717, 1.165) is 12.3 Å². The molecule has 0 radical (unpaired) electrons. The van der Waals surface area contributed by atoms with Crippen molar-refractivity contribution in [2.75, 3.05) is 5.88 Å². The van der Waals surface area contributed by atoms with E-state index in [0.29, 0.717) is 16.2 Å². The van der Waals surface area contributed by atoms with E-state index in [9.17, 15) is 0 Å². The maximum absolute atomic E-state index is 5.71. The molecule has 0 aliphatic carbocycles. The Morgan fingerprint density at radius 3 is 2.09 bits per heavy atom. The molecule has 0 aromatic carbocycles. The fraction of sp³-hybridized carbons (Fsp3) is 1.00. The summed E-state index contributed by atoms with van der Waals surface area (Å²) in [5.41, 5.74) is 0.315. The van der Waals surface area contributed by atoms with E-state index in [-0.39, 0.29) is 0 Å². The minimum absolute atomic E-state index is 0.315. The van der Waals surface area contributed by atoms with Crippen LogP contribution in [0.5, 0.6) is 0 Å². The zero-order valence-electron chi connectivity index (χ0n) is 7.82. The summed E-state index contributed by atoms with van der Waals surface area (Å²) in [4.78, 5) is 0.564. The van der Waals surface area contributed by atoms with Crippen LogP contribution >= 0.6 is 27.5 Å². The van der Waals surface area contributed by atoms with Crippen LogP contribution in [0.1, 0.15) is 34.1 Å². The largest absolute Gasteiger partial charge is 0.127 e. The van der Waals surface area contributed by atoms with Gasteiger partial charge >= 0.3 is 0 Å². The first-order valence-electron chi connectivity index (χ1n) is 4.12. The van der Waals surface area contributed by atoms with Gasteiger partial charge in [0.05, 0.1) is 0 Å². The normalized spacial score (nSPS) is 15.5. The van der Waals surface area contributed by atoms with Gasteiger partial charge in [0.25, 0.3) is 0 Å². The van der Waals surface area contributed by atoms with E-state index in [2.05, 4.69) is 43.6 Å². The minimum Gasteiger partial charge on any atom is -0.127 e. The van der Waals surface area contributed by atoms with Crippen molar-refractivity contribution in [3.8, 4) is 0 Å². The van der Waals surface area contributed by atoms with Crippen molar-refractivity contribution in [3.05, 3.63) is 0 Å². The molecule has 0 bridgehead atoms. The molecule has 0 aromatic rings. The minimum atomic E-state index is 0.315. The van der Waals surface area contributed by atoms with Crippen molar-refractivity contribution in [2.45, 2.75) is 38.9 Å². The Morgan fingerprint density at radius 1 is 1.36 bits per heavy atom. The summed E-state index contributed by atoms with van der Waals surface area (Å²) >= 11 is 9.42. The lowest BCUT2D eigenvalue weighted by molar-refractivity contribution is 0.298. The van der Waals surface area contributed by atoms with Crippen molar-refractivity contribution in [2.24, 2.45) is 11.3 Å². The van der Waals surface area contributed by atoms with Gasteiger partial charge in [-0.1, -0.05) is 43.6 Å². The van der Waals surface area contributed by atoms with Crippen molar-refractivity contribution >= 4 is 27.5 Å². The number of hydrogen-bond donors (Lipinski definition) is 0. The van der Waals surface area contributed by atoms with Crippen molar-refractivity contribution in [1.82, 2.24) is 0 Å². The van der Waals surface area contributed by atoms with Crippen LogP contribution in [-0.2, 0) is 0 Å². The van der Waals surface area contributed by atoms with E-state index < -0.39 is 0 Å². The molecule has 0 aromatic heterocycles. The van der Waals surface area contributed by atoms with E-state index in [1.807, 2.05) is 0 Å². The van der Waals surface area contributed by atoms with Crippen LogP contribution in [0.4, 0.5) is 0 Å². The third-order valence-electron chi connectivity index (χ3n) is 2.07. The van der Waals surface area contributed by atoms with Crippen LogP contribution in [0.3, 0.4) is 0 Å². The summed E-state index contributed by atoms with van der Waals surface area (Å²) in [5, 5.41) is 0. The Balaban J connectivity index is 4.05. The maximum Gasteiger partial charge on any atom is 0.0228 e. The SMILES string of the molecule is CC(C)C(Br)C(C)(C)CCCl. The molecule has 68 valence electrons. The molecular formula is C9H18BrCl. The molecule has 0 spiro atoms. The third kappa shape index (κ3) is 3.80. The summed E-state index contributed by atoms with van der Waals surface area (Å²) in [6, 6.07) is 0. The second-order valence-electron chi connectivity index (χ2n) is 4.07. The summed E-state index contributed by atoms with van der Waals surface area (Å²) in [6.07, 6.45) is 1.07. The first kappa shape index (κ1) is 11.8. The fourth-order valence-corrected chi connectivity index (χ4v) is 2.00. The molecule has 0 saturated carbocycles. The van der Waals surface area contributed by atoms with Gasteiger partial charge in [0.15, 0.2) is 0 Å². The summed E-state index contributed by atoms with van der Waals surface area (Å²) < 4.78 is 0. The molecule has 2 heteroatoms. The van der Waals surface area contributed by atoms with Gasteiger partial charge in [-0.3, -0.25) is 0 Å². The first-order valence-corrected chi connectivity index (χ1v) is 5.57. The summed E-state index contributed by atoms with van der Waals surface area (Å²) in [7, 11) is 0. The molecule has 1 unspecified atom stereocenters. The lowest BCUT2D eigenvalue weighted by atomic mass is 9.81. The number of hydrogen-bond acceptors (Lipinski definition) is 0. The third-order valence-corrected chi connectivity index (χ3v) is 4.56. The fourth-order valence-electron chi connectivity index (χ4n) is 1.28. The molecule has 0 rings (SSSR count). The van der Waals surface area contributed by atoms with Gasteiger partial charge in [0, 0.05) is 10.7 Å². The van der Waals surface area contributed by atoms with E-state index >= 15 is 0 Å². The van der Waals surface area contributed by atoms with Gasteiger partial charge in [0.1, 0.15) is 0 Å². The highest BCUT2D eigenvalue weighted by molar-refractivity contribution is 9.09. The first-order chi connectivity index (χ1) is 4.91. The van der Waals surface area contributed by atoms with Crippen LogP contribution in [0.2, 0.25) is 0 Å². The molecule has 0 aliphatic heterocycles. The standard InChI is InChI=1S/C9H18BrCl/c1-7(2)8(10)9(3,4)5-6-11/h7-8H,5-6H2,1-4H3. The molecular weight excluding hydrogens is 223 g/mol. The highest BCUT2D eigenvalue weighted by Crippen LogP contribution is 2.35. The molecule has 0 aliphatic rings. The summed E-state index contributed by atoms with van der Waals surface area (Å²) in [6.45, 7) is 8.98. The molecule has 0 heterocycles. The second kappa shape index (κ2) is 4.71. The Bertz CT molecular complexity index is 110. The van der Waals surface area contributed by atoms with E-state index in [4.69, 9.17) is 11.6 Å². The molecule has 0 fully saturated rings. The van der Waals surface area contributed by atoms with Gasteiger partial charge in [-0.05, 0) is 17.8 Å². The zero-order valence-corrected chi connectivity index (χ0v) is 10.2. The average molecular weight is 242 g/mol. The lowest BCUT2D eigenvalue weighted by Gasteiger charge is -2.32. The Kier molecular flexibility index (Phi) is 5.04. The smallest absolute Gasteiger partial charge is 0.0228 e. The van der Waals surface area contributed by atoms with Gasteiger partial charge in [-0.25, -0.2) is 0 Å². The molecule has 0 saturated heterocycles. The van der Waals surface area contributed by atoms with Crippen LogP contribution in [0, 0.1) is 11.3 Å². The van der Waals surface area contributed by atoms with E-state index in [1.165, 1.54) is 0 Å². The molecule has 11 heavy (non-hydrogen) atoms. The van der Waals surface area contributed by atoms with Gasteiger partial charge in [0.2, 0.25) is 0 Å². The zero-order chi connectivity index (χ0) is 9.07. The van der Waals surface area contributed by atoms with Crippen molar-refractivity contribution in [1.29, 1.82) is 0 Å². The Morgan fingerprint density at radius 2 is 1.82 bits per heavy atom. The Labute approximate surface area is 83.8 Å². The van der Waals surface area contributed by atoms with Gasteiger partial charge in [-0.15, -0.1) is 11.6 Å². The monoisotopic (exact) mass is 240 g/mol. The van der Waals surface area contributed by atoms with Gasteiger partial charge < -0.3 is 0 Å². The second-order valence-corrected chi connectivity index (χ2v) is 5.44. The van der Waals surface area contributed by atoms with Crippen molar-refractivity contribution in [3.63, 3.8) is 0 Å². The Hall–Kier alpha value is 0.770. The quantitative estimate of drug-likeness (QED) is 0.651. The van der Waals surface area contributed by atoms with E-state index in [1.54, 1.807) is 0 Å². The molecule has 0 nitrogen and oxygen atoms in total. The number of rotatable bonds is 4. The predicted octanol–water partition coefficient (Wildman–Crippen LogP) is 4.06. The van der Waals surface area contributed by atoms with Crippen molar-refractivity contribution < 1.29 is 0 Å².